The lowest BCUT2D eigenvalue weighted by Crippen LogP contribution is -2.14. The molecule has 1 unspecified atom stereocenters. The summed E-state index contributed by atoms with van der Waals surface area (Å²) in [6.45, 7) is 2.52. The lowest BCUT2D eigenvalue weighted by atomic mass is 10.1. The Morgan fingerprint density at radius 2 is 2.25 bits per heavy atom. The van der Waals surface area contributed by atoms with Crippen molar-refractivity contribution in [2.75, 3.05) is 11.9 Å². The second-order valence-corrected chi connectivity index (χ2v) is 5.11. The molecule has 2 N–H and O–H groups in total. The third-order valence-corrected chi connectivity index (χ3v) is 3.55. The van der Waals surface area contributed by atoms with Crippen LogP contribution in [0.3, 0.4) is 0 Å². The zero-order valence-corrected chi connectivity index (χ0v) is 10.9. The van der Waals surface area contributed by atoms with E-state index in [1.807, 2.05) is 6.92 Å². The van der Waals surface area contributed by atoms with Crippen LogP contribution in [0.4, 0.5) is 15.8 Å². The number of halogens is 1. The lowest BCUT2D eigenvalue weighted by Gasteiger charge is -2.13. The molecule has 1 aromatic carbocycles. The zero-order chi connectivity index (χ0) is 14.9. The summed E-state index contributed by atoms with van der Waals surface area (Å²) in [5.41, 5.74) is -1.10. The van der Waals surface area contributed by atoms with Crippen LogP contribution in [0, 0.1) is 27.8 Å². The number of nitrogens with one attached hydrogen (secondary N) is 1. The molecule has 0 saturated heterocycles. The van der Waals surface area contributed by atoms with Crippen LogP contribution in [-0.2, 0) is 0 Å². The van der Waals surface area contributed by atoms with E-state index in [-0.39, 0.29) is 5.69 Å². The van der Waals surface area contributed by atoms with Gasteiger partial charge in [0.2, 0.25) is 0 Å². The minimum atomic E-state index is -1.52. The molecular formula is C13H15FN2O4. The van der Waals surface area contributed by atoms with Crippen molar-refractivity contribution < 1.29 is 19.2 Å². The van der Waals surface area contributed by atoms with Crippen LogP contribution in [-0.4, -0.2) is 22.5 Å². The molecule has 1 aliphatic carbocycles. The second kappa shape index (κ2) is 5.44. The molecule has 0 amide bonds. The average Bonchev–Trinajstić information content (AvgIpc) is 3.19. The summed E-state index contributed by atoms with van der Waals surface area (Å²) >= 11 is 0. The first kappa shape index (κ1) is 14.2. The maximum atomic E-state index is 13.6. The third-order valence-electron chi connectivity index (χ3n) is 3.55. The minimum absolute atomic E-state index is 0.0185. The number of hydrogen-bond donors (Lipinski definition) is 2. The Bertz CT molecular complexity index is 558. The molecule has 0 bridgehead atoms. The average molecular weight is 282 g/mol. The topological polar surface area (TPSA) is 92.5 Å². The van der Waals surface area contributed by atoms with Gasteiger partial charge in [-0.15, -0.1) is 0 Å². The highest BCUT2D eigenvalue weighted by molar-refractivity contribution is 5.90. The zero-order valence-electron chi connectivity index (χ0n) is 10.9. The van der Waals surface area contributed by atoms with Gasteiger partial charge in [0.1, 0.15) is 17.1 Å². The number of carbonyl (C=O) groups is 1. The molecule has 1 saturated carbocycles. The Morgan fingerprint density at radius 3 is 2.75 bits per heavy atom. The fraction of sp³-hybridized carbons (Fsp3) is 0.462. The quantitative estimate of drug-likeness (QED) is 0.618. The summed E-state index contributed by atoms with van der Waals surface area (Å²) in [4.78, 5) is 21.0. The predicted octanol–water partition coefficient (Wildman–Crippen LogP) is 2.89. The van der Waals surface area contributed by atoms with Crippen LogP contribution in [0.5, 0.6) is 0 Å². The largest absolute Gasteiger partial charge is 0.478 e. The number of nitro benzene ring substituents is 1. The molecule has 1 aliphatic rings. The van der Waals surface area contributed by atoms with Gasteiger partial charge >= 0.3 is 5.97 Å². The van der Waals surface area contributed by atoms with Gasteiger partial charge in [-0.25, -0.2) is 9.18 Å². The van der Waals surface area contributed by atoms with Crippen molar-refractivity contribution in [3.8, 4) is 0 Å². The van der Waals surface area contributed by atoms with Crippen LogP contribution in [0.2, 0.25) is 0 Å². The standard InChI is InChI=1S/C13H15FN2O4/c1-7(8-2-3-8)6-15-11-5-10(14)9(13(17)18)4-12(11)16(19)20/h4-5,7-8,15H,2-3,6H2,1H3,(H,17,18). The van der Waals surface area contributed by atoms with Gasteiger partial charge in [0.15, 0.2) is 0 Å². The monoisotopic (exact) mass is 282 g/mol. The number of benzene rings is 1. The van der Waals surface area contributed by atoms with Crippen molar-refractivity contribution in [1.82, 2.24) is 0 Å². The molecular weight excluding hydrogens is 267 g/mol. The molecule has 0 heterocycles. The van der Waals surface area contributed by atoms with E-state index in [2.05, 4.69) is 5.32 Å². The highest BCUT2D eigenvalue weighted by atomic mass is 19.1. The van der Waals surface area contributed by atoms with Crippen LogP contribution >= 0.6 is 0 Å². The number of hydrogen-bond acceptors (Lipinski definition) is 4. The number of anilines is 1. The van der Waals surface area contributed by atoms with Gasteiger partial charge < -0.3 is 10.4 Å². The number of nitrogens with zero attached hydrogens (tertiary/aromatic N) is 1. The second-order valence-electron chi connectivity index (χ2n) is 5.11. The number of carboxylic acids is 1. The van der Waals surface area contributed by atoms with Crippen molar-refractivity contribution in [3.05, 3.63) is 33.6 Å². The normalized spacial score (nSPS) is 15.7. The van der Waals surface area contributed by atoms with Crippen molar-refractivity contribution in [3.63, 3.8) is 0 Å². The molecule has 20 heavy (non-hydrogen) atoms. The Balaban J connectivity index is 2.23. The molecule has 0 spiro atoms. The summed E-state index contributed by atoms with van der Waals surface area (Å²) in [6.07, 6.45) is 2.30. The van der Waals surface area contributed by atoms with Gasteiger partial charge in [-0.1, -0.05) is 6.92 Å². The first-order valence-corrected chi connectivity index (χ1v) is 6.35. The fourth-order valence-electron chi connectivity index (χ4n) is 2.12. The molecule has 1 atom stereocenters. The molecule has 2 rings (SSSR count). The summed E-state index contributed by atoms with van der Waals surface area (Å²) in [7, 11) is 0. The van der Waals surface area contributed by atoms with E-state index in [0.29, 0.717) is 18.4 Å². The number of aromatic carboxylic acids is 1. The first-order chi connectivity index (χ1) is 9.40. The smallest absolute Gasteiger partial charge is 0.338 e. The van der Waals surface area contributed by atoms with E-state index in [0.717, 1.165) is 25.0 Å². The predicted molar refractivity (Wildman–Crippen MR) is 70.4 cm³/mol. The number of carboxylic acid groups (broad SMARTS) is 1. The van der Waals surface area contributed by atoms with Gasteiger partial charge in [-0.2, -0.15) is 0 Å². The molecule has 6 nitrogen and oxygen atoms in total. The molecule has 0 radical (unpaired) electrons. The van der Waals surface area contributed by atoms with E-state index in [9.17, 15) is 19.3 Å². The van der Waals surface area contributed by atoms with E-state index < -0.39 is 28.0 Å². The third kappa shape index (κ3) is 3.04. The van der Waals surface area contributed by atoms with Crippen LogP contribution in [0.25, 0.3) is 0 Å². The highest BCUT2D eigenvalue weighted by Gasteiger charge is 2.28. The Kier molecular flexibility index (Phi) is 3.87. The van der Waals surface area contributed by atoms with Crippen molar-refractivity contribution in [1.29, 1.82) is 0 Å². The number of rotatable bonds is 6. The van der Waals surface area contributed by atoms with Gasteiger partial charge in [-0.05, 0) is 24.7 Å². The Labute approximate surface area is 114 Å². The Morgan fingerprint density at radius 1 is 1.60 bits per heavy atom. The van der Waals surface area contributed by atoms with Gasteiger partial charge in [-0.3, -0.25) is 10.1 Å². The van der Waals surface area contributed by atoms with E-state index in [1.54, 1.807) is 0 Å². The first-order valence-electron chi connectivity index (χ1n) is 6.35. The van der Waals surface area contributed by atoms with E-state index >= 15 is 0 Å². The molecule has 0 aromatic heterocycles. The van der Waals surface area contributed by atoms with Gasteiger partial charge in [0.05, 0.1) is 4.92 Å². The van der Waals surface area contributed by atoms with E-state index in [1.165, 1.54) is 0 Å². The van der Waals surface area contributed by atoms with Crippen LogP contribution in [0.1, 0.15) is 30.1 Å². The molecule has 1 fully saturated rings. The maximum Gasteiger partial charge on any atom is 0.338 e. The molecule has 7 heteroatoms. The number of nitro groups is 1. The van der Waals surface area contributed by atoms with Crippen LogP contribution in [0.15, 0.2) is 12.1 Å². The van der Waals surface area contributed by atoms with Crippen molar-refractivity contribution in [2.45, 2.75) is 19.8 Å². The minimum Gasteiger partial charge on any atom is -0.478 e. The molecule has 1 aromatic rings. The maximum absolute atomic E-state index is 13.6. The van der Waals surface area contributed by atoms with E-state index in [4.69, 9.17) is 5.11 Å². The Hall–Kier alpha value is -2.18. The van der Waals surface area contributed by atoms with Gasteiger partial charge in [0, 0.05) is 18.7 Å². The SMILES string of the molecule is CC(CNc1cc(F)c(C(=O)O)cc1[N+](=O)[O-])C1CC1. The summed E-state index contributed by atoms with van der Waals surface area (Å²) in [5.74, 6) is -1.55. The van der Waals surface area contributed by atoms with Gasteiger partial charge in [0.25, 0.3) is 5.69 Å². The lowest BCUT2D eigenvalue weighted by molar-refractivity contribution is -0.384. The summed E-state index contributed by atoms with van der Waals surface area (Å²) in [6, 6.07) is 1.63. The summed E-state index contributed by atoms with van der Waals surface area (Å²) < 4.78 is 13.6. The fourth-order valence-corrected chi connectivity index (χ4v) is 2.12. The van der Waals surface area contributed by atoms with Crippen molar-refractivity contribution >= 4 is 17.3 Å². The summed E-state index contributed by atoms with van der Waals surface area (Å²) in [5, 5.41) is 22.6. The van der Waals surface area contributed by atoms with Crippen LogP contribution < -0.4 is 5.32 Å². The van der Waals surface area contributed by atoms with Crippen molar-refractivity contribution in [2.24, 2.45) is 11.8 Å². The highest BCUT2D eigenvalue weighted by Crippen LogP contribution is 2.37. The molecule has 108 valence electrons. The molecule has 0 aliphatic heterocycles.